The van der Waals surface area contributed by atoms with Crippen LogP contribution >= 0.6 is 0 Å². The van der Waals surface area contributed by atoms with Crippen LogP contribution in [0.2, 0.25) is 0 Å². The van der Waals surface area contributed by atoms with Crippen molar-refractivity contribution in [2.24, 2.45) is 5.92 Å². The Kier molecular flexibility index (Phi) is 5.44. The van der Waals surface area contributed by atoms with Crippen LogP contribution in [0.4, 0.5) is 0 Å². The van der Waals surface area contributed by atoms with E-state index in [-0.39, 0.29) is 0 Å². The van der Waals surface area contributed by atoms with E-state index in [0.29, 0.717) is 19.0 Å². The van der Waals surface area contributed by atoms with Crippen molar-refractivity contribution in [1.29, 1.82) is 0 Å². The third-order valence-corrected chi connectivity index (χ3v) is 6.84. The SMILES string of the molecule is CN(C)S(=O)(=O)N1CCN(C[C@@H]2CCOc3ccccc3C2)CC1. The summed E-state index contributed by atoms with van der Waals surface area (Å²) in [6, 6.07) is 8.27. The Hall–Kier alpha value is -1.15. The van der Waals surface area contributed by atoms with Crippen LogP contribution in [0.3, 0.4) is 0 Å². The van der Waals surface area contributed by atoms with Crippen LogP contribution in [0, 0.1) is 5.92 Å². The summed E-state index contributed by atoms with van der Waals surface area (Å²) in [6.07, 6.45) is 2.08. The van der Waals surface area contributed by atoms with Crippen LogP contribution in [0.5, 0.6) is 5.75 Å². The molecule has 6 nitrogen and oxygen atoms in total. The highest BCUT2D eigenvalue weighted by Crippen LogP contribution is 2.27. The maximum atomic E-state index is 12.2. The summed E-state index contributed by atoms with van der Waals surface area (Å²) in [5.41, 5.74) is 1.29. The summed E-state index contributed by atoms with van der Waals surface area (Å²) < 4.78 is 33.1. The van der Waals surface area contributed by atoms with Gasteiger partial charge in [-0.25, -0.2) is 0 Å². The number of hydrogen-bond acceptors (Lipinski definition) is 4. The summed E-state index contributed by atoms with van der Waals surface area (Å²) in [7, 11) is -0.106. The quantitative estimate of drug-likeness (QED) is 0.812. The third-order valence-electron chi connectivity index (χ3n) is 4.90. The van der Waals surface area contributed by atoms with Gasteiger partial charge in [0, 0.05) is 46.8 Å². The lowest BCUT2D eigenvalue weighted by Gasteiger charge is -2.36. The zero-order valence-corrected chi connectivity index (χ0v) is 15.3. The summed E-state index contributed by atoms with van der Waals surface area (Å²) in [5.74, 6) is 1.58. The summed E-state index contributed by atoms with van der Waals surface area (Å²) >= 11 is 0. The van der Waals surface area contributed by atoms with Crippen LogP contribution in [0.1, 0.15) is 12.0 Å². The van der Waals surface area contributed by atoms with Crippen molar-refractivity contribution in [2.45, 2.75) is 12.8 Å². The molecule has 134 valence electrons. The molecule has 1 aromatic carbocycles. The van der Waals surface area contributed by atoms with E-state index in [4.69, 9.17) is 4.74 Å². The lowest BCUT2D eigenvalue weighted by Crippen LogP contribution is -2.52. The number of nitrogens with zero attached hydrogens (tertiary/aromatic N) is 3. The highest BCUT2D eigenvalue weighted by atomic mass is 32.2. The molecule has 1 fully saturated rings. The molecule has 0 radical (unpaired) electrons. The molecule has 7 heteroatoms. The molecule has 2 heterocycles. The topological polar surface area (TPSA) is 53.1 Å². The molecule has 0 unspecified atom stereocenters. The largest absolute Gasteiger partial charge is 0.493 e. The van der Waals surface area contributed by atoms with Crippen molar-refractivity contribution in [2.75, 3.05) is 53.4 Å². The number of hydrogen-bond donors (Lipinski definition) is 0. The first-order valence-electron chi connectivity index (χ1n) is 8.57. The summed E-state index contributed by atoms with van der Waals surface area (Å²) in [5, 5.41) is 0. The minimum atomic E-state index is -3.28. The summed E-state index contributed by atoms with van der Waals surface area (Å²) in [6.45, 7) is 4.50. The Bertz CT molecular complexity index is 655. The van der Waals surface area contributed by atoms with E-state index in [1.165, 1.54) is 9.87 Å². The number of fused-ring (bicyclic) bond motifs is 1. The number of benzene rings is 1. The number of ether oxygens (including phenoxy) is 1. The van der Waals surface area contributed by atoms with Gasteiger partial charge < -0.3 is 9.64 Å². The molecule has 0 spiro atoms. The second-order valence-electron chi connectivity index (χ2n) is 6.80. The average Bonchev–Trinajstić information content (AvgIpc) is 2.77. The van der Waals surface area contributed by atoms with Crippen LogP contribution < -0.4 is 4.74 Å². The predicted molar refractivity (Wildman–Crippen MR) is 94.4 cm³/mol. The van der Waals surface area contributed by atoms with Crippen molar-refractivity contribution in [3.8, 4) is 5.75 Å². The number of piperazine rings is 1. The van der Waals surface area contributed by atoms with Gasteiger partial charge in [0.05, 0.1) is 6.61 Å². The Morgan fingerprint density at radius 2 is 1.88 bits per heavy atom. The molecule has 24 heavy (non-hydrogen) atoms. The maximum Gasteiger partial charge on any atom is 0.281 e. The van der Waals surface area contributed by atoms with Crippen molar-refractivity contribution < 1.29 is 13.2 Å². The monoisotopic (exact) mass is 353 g/mol. The van der Waals surface area contributed by atoms with Crippen LogP contribution in [-0.4, -0.2) is 75.4 Å². The van der Waals surface area contributed by atoms with Gasteiger partial charge in [0.2, 0.25) is 0 Å². The van der Waals surface area contributed by atoms with Gasteiger partial charge in [0.25, 0.3) is 10.2 Å². The van der Waals surface area contributed by atoms with E-state index in [2.05, 4.69) is 17.0 Å². The first-order valence-corrected chi connectivity index (χ1v) is 9.97. The maximum absolute atomic E-state index is 12.2. The van der Waals surface area contributed by atoms with Crippen molar-refractivity contribution in [1.82, 2.24) is 13.5 Å². The first-order chi connectivity index (χ1) is 11.5. The Morgan fingerprint density at radius 3 is 2.58 bits per heavy atom. The molecule has 2 aliphatic rings. The zero-order chi connectivity index (χ0) is 17.2. The number of rotatable bonds is 4. The van der Waals surface area contributed by atoms with Gasteiger partial charge in [-0.05, 0) is 30.4 Å². The minimum Gasteiger partial charge on any atom is -0.493 e. The average molecular weight is 353 g/mol. The van der Waals surface area contributed by atoms with Gasteiger partial charge in [0.1, 0.15) is 5.75 Å². The molecule has 0 amide bonds. The van der Waals surface area contributed by atoms with E-state index < -0.39 is 10.2 Å². The fourth-order valence-corrected chi connectivity index (χ4v) is 4.54. The summed E-state index contributed by atoms with van der Waals surface area (Å²) in [4.78, 5) is 2.39. The lowest BCUT2D eigenvalue weighted by molar-refractivity contribution is 0.153. The third kappa shape index (κ3) is 3.91. The molecule has 0 N–H and O–H groups in total. The van der Waals surface area contributed by atoms with E-state index >= 15 is 0 Å². The first kappa shape index (κ1) is 17.7. The fraction of sp³-hybridized carbons (Fsp3) is 0.647. The van der Waals surface area contributed by atoms with Crippen LogP contribution in [-0.2, 0) is 16.6 Å². The number of para-hydroxylation sites is 1. The van der Waals surface area contributed by atoms with Gasteiger partial charge in [-0.1, -0.05) is 18.2 Å². The van der Waals surface area contributed by atoms with Crippen molar-refractivity contribution >= 4 is 10.2 Å². The van der Waals surface area contributed by atoms with Gasteiger partial charge in [0.15, 0.2) is 0 Å². The Morgan fingerprint density at radius 1 is 1.17 bits per heavy atom. The fourth-order valence-electron chi connectivity index (χ4n) is 3.46. The normalized spacial score (nSPS) is 23.5. The van der Waals surface area contributed by atoms with Gasteiger partial charge in [-0.3, -0.25) is 0 Å². The Labute approximate surface area is 145 Å². The van der Waals surface area contributed by atoms with E-state index in [1.54, 1.807) is 18.4 Å². The Balaban J connectivity index is 1.55. The van der Waals surface area contributed by atoms with E-state index in [1.807, 2.05) is 12.1 Å². The molecule has 0 bridgehead atoms. The zero-order valence-electron chi connectivity index (χ0n) is 14.5. The molecule has 1 saturated heterocycles. The molecule has 0 aromatic heterocycles. The molecule has 3 rings (SSSR count). The minimum absolute atomic E-state index is 0.561. The van der Waals surface area contributed by atoms with Crippen molar-refractivity contribution in [3.63, 3.8) is 0 Å². The molecule has 2 aliphatic heterocycles. The molecule has 0 saturated carbocycles. The molecule has 1 atom stereocenters. The van der Waals surface area contributed by atoms with E-state index in [9.17, 15) is 8.42 Å². The smallest absolute Gasteiger partial charge is 0.281 e. The van der Waals surface area contributed by atoms with Crippen LogP contribution in [0.15, 0.2) is 24.3 Å². The molecular formula is C17H27N3O3S. The highest BCUT2D eigenvalue weighted by molar-refractivity contribution is 7.86. The predicted octanol–water partition coefficient (Wildman–Crippen LogP) is 1.05. The van der Waals surface area contributed by atoms with Crippen molar-refractivity contribution in [3.05, 3.63) is 29.8 Å². The second-order valence-corrected chi connectivity index (χ2v) is 8.95. The molecular weight excluding hydrogens is 326 g/mol. The highest BCUT2D eigenvalue weighted by Gasteiger charge is 2.29. The standard InChI is InChI=1S/C17H27N3O3S/c1-18(2)24(21,22)20-10-8-19(9-11-20)14-15-7-12-23-17-6-4-3-5-16(17)13-15/h3-6,15H,7-14H2,1-2H3/t15-/m1/s1. The molecule has 0 aliphatic carbocycles. The second kappa shape index (κ2) is 7.39. The van der Waals surface area contributed by atoms with Gasteiger partial charge in [-0.15, -0.1) is 0 Å². The van der Waals surface area contributed by atoms with Gasteiger partial charge >= 0.3 is 0 Å². The lowest BCUT2D eigenvalue weighted by atomic mass is 9.96. The van der Waals surface area contributed by atoms with E-state index in [0.717, 1.165) is 44.8 Å². The molecule has 1 aromatic rings. The van der Waals surface area contributed by atoms with Crippen LogP contribution in [0.25, 0.3) is 0 Å². The van der Waals surface area contributed by atoms with Gasteiger partial charge in [-0.2, -0.15) is 17.0 Å².